The lowest BCUT2D eigenvalue weighted by Crippen LogP contribution is -2.12. The normalized spacial score (nSPS) is 12.6. The summed E-state index contributed by atoms with van der Waals surface area (Å²) in [5, 5.41) is 0.889. The quantitative estimate of drug-likeness (QED) is 0.524. The molecule has 0 saturated heterocycles. The SMILES string of the molecule is CCC[C@@H](CBr)CC(=O)OCC. The van der Waals surface area contributed by atoms with Crippen LogP contribution in [0.1, 0.15) is 33.1 Å². The molecule has 12 heavy (non-hydrogen) atoms. The summed E-state index contributed by atoms with van der Waals surface area (Å²) in [6.07, 6.45) is 2.76. The van der Waals surface area contributed by atoms with Crippen molar-refractivity contribution in [1.29, 1.82) is 0 Å². The maximum atomic E-state index is 11.0. The summed E-state index contributed by atoms with van der Waals surface area (Å²) in [7, 11) is 0. The van der Waals surface area contributed by atoms with E-state index in [4.69, 9.17) is 4.74 Å². The predicted molar refractivity (Wildman–Crippen MR) is 53.4 cm³/mol. The van der Waals surface area contributed by atoms with Crippen molar-refractivity contribution in [3.8, 4) is 0 Å². The number of halogens is 1. The van der Waals surface area contributed by atoms with E-state index in [0.29, 0.717) is 18.9 Å². The summed E-state index contributed by atoms with van der Waals surface area (Å²) in [5.74, 6) is 0.365. The van der Waals surface area contributed by atoms with Crippen LogP contribution in [0.15, 0.2) is 0 Å². The van der Waals surface area contributed by atoms with Crippen molar-refractivity contribution >= 4 is 21.9 Å². The minimum atomic E-state index is -0.0737. The third kappa shape index (κ3) is 5.58. The fourth-order valence-electron chi connectivity index (χ4n) is 1.10. The van der Waals surface area contributed by atoms with Gasteiger partial charge >= 0.3 is 5.97 Å². The molecule has 0 aromatic carbocycles. The average Bonchev–Trinajstić information content (AvgIpc) is 2.04. The number of rotatable bonds is 6. The van der Waals surface area contributed by atoms with Crippen LogP contribution in [0.5, 0.6) is 0 Å². The summed E-state index contributed by atoms with van der Waals surface area (Å²) in [6.45, 7) is 4.45. The molecule has 0 rings (SSSR count). The van der Waals surface area contributed by atoms with Crippen molar-refractivity contribution in [3.05, 3.63) is 0 Å². The Morgan fingerprint density at radius 3 is 2.58 bits per heavy atom. The highest BCUT2D eigenvalue weighted by molar-refractivity contribution is 9.09. The molecule has 2 nitrogen and oxygen atoms in total. The van der Waals surface area contributed by atoms with E-state index in [2.05, 4.69) is 22.9 Å². The third-order valence-electron chi connectivity index (χ3n) is 1.68. The summed E-state index contributed by atoms with van der Waals surface area (Å²) in [6, 6.07) is 0. The first-order valence-corrected chi connectivity index (χ1v) is 5.58. The second-order valence-electron chi connectivity index (χ2n) is 2.82. The van der Waals surface area contributed by atoms with E-state index < -0.39 is 0 Å². The fraction of sp³-hybridized carbons (Fsp3) is 0.889. The van der Waals surface area contributed by atoms with Crippen LogP contribution in [0, 0.1) is 5.92 Å². The maximum Gasteiger partial charge on any atom is 0.306 e. The summed E-state index contributed by atoms with van der Waals surface area (Å²) in [5.41, 5.74) is 0. The number of esters is 1. The molecule has 1 atom stereocenters. The van der Waals surface area contributed by atoms with Crippen LogP contribution in [0.3, 0.4) is 0 Å². The molecule has 0 aliphatic carbocycles. The average molecular weight is 237 g/mol. The van der Waals surface area contributed by atoms with Gasteiger partial charge < -0.3 is 4.74 Å². The number of hydrogen-bond donors (Lipinski definition) is 0. The molecule has 0 radical (unpaired) electrons. The zero-order valence-electron chi connectivity index (χ0n) is 7.81. The Morgan fingerprint density at radius 1 is 1.50 bits per heavy atom. The van der Waals surface area contributed by atoms with E-state index in [1.165, 1.54) is 0 Å². The molecule has 0 heterocycles. The summed E-state index contributed by atoms with van der Waals surface area (Å²) < 4.78 is 4.86. The van der Waals surface area contributed by atoms with Gasteiger partial charge in [0.25, 0.3) is 0 Å². The van der Waals surface area contributed by atoms with E-state index in [0.717, 1.165) is 18.2 Å². The first kappa shape index (κ1) is 11.9. The molecular weight excluding hydrogens is 220 g/mol. The van der Waals surface area contributed by atoms with Crippen molar-refractivity contribution in [2.75, 3.05) is 11.9 Å². The van der Waals surface area contributed by atoms with E-state index in [1.54, 1.807) is 0 Å². The second-order valence-corrected chi connectivity index (χ2v) is 3.47. The molecule has 0 saturated carbocycles. The van der Waals surface area contributed by atoms with Gasteiger partial charge in [-0.3, -0.25) is 4.79 Å². The molecule has 0 spiro atoms. The molecule has 0 fully saturated rings. The first-order chi connectivity index (χ1) is 5.74. The zero-order chi connectivity index (χ0) is 9.40. The number of hydrogen-bond acceptors (Lipinski definition) is 2. The Kier molecular flexibility index (Phi) is 7.56. The van der Waals surface area contributed by atoms with Gasteiger partial charge in [0.15, 0.2) is 0 Å². The van der Waals surface area contributed by atoms with Crippen molar-refractivity contribution < 1.29 is 9.53 Å². The van der Waals surface area contributed by atoms with Crippen molar-refractivity contribution in [2.24, 2.45) is 5.92 Å². The monoisotopic (exact) mass is 236 g/mol. The van der Waals surface area contributed by atoms with Crippen molar-refractivity contribution in [3.63, 3.8) is 0 Å². The number of carbonyl (C=O) groups excluding carboxylic acids is 1. The van der Waals surface area contributed by atoms with Gasteiger partial charge in [-0.05, 0) is 19.3 Å². The molecule has 0 unspecified atom stereocenters. The van der Waals surface area contributed by atoms with Crippen LogP contribution < -0.4 is 0 Å². The van der Waals surface area contributed by atoms with Crippen LogP contribution in [0.2, 0.25) is 0 Å². The van der Waals surface area contributed by atoms with Crippen LogP contribution in [0.4, 0.5) is 0 Å². The Hall–Kier alpha value is -0.0500. The predicted octanol–water partition coefficient (Wildman–Crippen LogP) is 2.75. The highest BCUT2D eigenvalue weighted by Gasteiger charge is 2.11. The Balaban J connectivity index is 3.61. The minimum Gasteiger partial charge on any atom is -0.466 e. The van der Waals surface area contributed by atoms with Gasteiger partial charge in [0.2, 0.25) is 0 Å². The minimum absolute atomic E-state index is 0.0737. The molecular formula is C9H17BrO2. The lowest BCUT2D eigenvalue weighted by molar-refractivity contribution is -0.144. The van der Waals surface area contributed by atoms with Gasteiger partial charge in [-0.2, -0.15) is 0 Å². The van der Waals surface area contributed by atoms with Gasteiger partial charge in [0.05, 0.1) is 6.61 Å². The molecule has 3 heteroatoms. The van der Waals surface area contributed by atoms with Crippen LogP contribution >= 0.6 is 15.9 Å². The largest absolute Gasteiger partial charge is 0.466 e. The van der Waals surface area contributed by atoms with Crippen LogP contribution in [-0.4, -0.2) is 17.9 Å². The van der Waals surface area contributed by atoms with Gasteiger partial charge in [-0.1, -0.05) is 29.3 Å². The van der Waals surface area contributed by atoms with E-state index in [9.17, 15) is 4.79 Å². The maximum absolute atomic E-state index is 11.0. The van der Waals surface area contributed by atoms with Gasteiger partial charge in [-0.15, -0.1) is 0 Å². The highest BCUT2D eigenvalue weighted by atomic mass is 79.9. The molecule has 0 bridgehead atoms. The molecule has 0 aliphatic rings. The lowest BCUT2D eigenvalue weighted by atomic mass is 10.0. The van der Waals surface area contributed by atoms with Crippen LogP contribution in [-0.2, 0) is 9.53 Å². The van der Waals surface area contributed by atoms with E-state index in [1.807, 2.05) is 6.92 Å². The number of alkyl halides is 1. The van der Waals surface area contributed by atoms with Gasteiger partial charge in [0, 0.05) is 11.8 Å². The Morgan fingerprint density at radius 2 is 2.17 bits per heavy atom. The van der Waals surface area contributed by atoms with Crippen LogP contribution in [0.25, 0.3) is 0 Å². The van der Waals surface area contributed by atoms with Gasteiger partial charge in [-0.25, -0.2) is 0 Å². The van der Waals surface area contributed by atoms with Crippen molar-refractivity contribution in [2.45, 2.75) is 33.1 Å². The second kappa shape index (κ2) is 7.59. The van der Waals surface area contributed by atoms with Crippen molar-refractivity contribution in [1.82, 2.24) is 0 Å². The third-order valence-corrected chi connectivity index (χ3v) is 2.59. The van der Waals surface area contributed by atoms with E-state index in [-0.39, 0.29) is 5.97 Å². The lowest BCUT2D eigenvalue weighted by Gasteiger charge is -2.10. The molecule has 72 valence electrons. The fourth-order valence-corrected chi connectivity index (χ4v) is 1.65. The van der Waals surface area contributed by atoms with Gasteiger partial charge in [0.1, 0.15) is 0 Å². The molecule has 0 N–H and O–H groups in total. The van der Waals surface area contributed by atoms with E-state index >= 15 is 0 Å². The molecule has 0 amide bonds. The molecule has 0 aliphatic heterocycles. The highest BCUT2D eigenvalue weighted by Crippen LogP contribution is 2.14. The smallest absolute Gasteiger partial charge is 0.306 e. The number of carbonyl (C=O) groups is 1. The number of ether oxygens (including phenoxy) is 1. The Bertz CT molecular complexity index is 126. The molecule has 0 aromatic heterocycles. The first-order valence-electron chi connectivity index (χ1n) is 4.46. The standard InChI is InChI=1S/C9H17BrO2/c1-3-5-8(7-10)6-9(11)12-4-2/h8H,3-7H2,1-2H3/t8-/m1/s1. The summed E-state index contributed by atoms with van der Waals surface area (Å²) >= 11 is 3.39. The summed E-state index contributed by atoms with van der Waals surface area (Å²) in [4.78, 5) is 11.0. The topological polar surface area (TPSA) is 26.3 Å². The molecule has 0 aromatic rings. The zero-order valence-corrected chi connectivity index (χ0v) is 9.39. The Labute approximate surface area is 82.8 Å².